The van der Waals surface area contributed by atoms with Crippen molar-refractivity contribution in [2.75, 3.05) is 0 Å². The number of rotatable bonds is 3. The minimum absolute atomic E-state index is 0.0247. The summed E-state index contributed by atoms with van der Waals surface area (Å²) in [5, 5.41) is 4.22. The lowest BCUT2D eigenvalue weighted by atomic mass is 10.1. The molecule has 0 aliphatic carbocycles. The molecular weight excluding hydrogens is 214 g/mol. The van der Waals surface area contributed by atoms with Gasteiger partial charge in [0.15, 0.2) is 5.78 Å². The number of hydrogen-bond acceptors (Lipinski definition) is 3. The molecule has 0 N–H and O–H groups in total. The van der Waals surface area contributed by atoms with Crippen LogP contribution in [0.5, 0.6) is 0 Å². The molecule has 0 aliphatic heterocycles. The number of ketones is 1. The third-order valence-corrected chi connectivity index (χ3v) is 2.61. The van der Waals surface area contributed by atoms with Gasteiger partial charge in [-0.2, -0.15) is 5.10 Å². The van der Waals surface area contributed by atoms with Crippen molar-refractivity contribution in [1.29, 1.82) is 0 Å². The molecule has 0 unspecified atom stereocenters. The van der Waals surface area contributed by atoms with Crippen molar-refractivity contribution in [2.45, 2.75) is 20.3 Å². The smallest absolute Gasteiger partial charge is 0.187 e. The van der Waals surface area contributed by atoms with Crippen LogP contribution in [0.4, 0.5) is 0 Å². The Morgan fingerprint density at radius 3 is 2.65 bits per heavy atom. The summed E-state index contributed by atoms with van der Waals surface area (Å²) in [6.45, 7) is 3.80. The summed E-state index contributed by atoms with van der Waals surface area (Å²) in [7, 11) is 1.85. The van der Waals surface area contributed by atoms with Crippen LogP contribution >= 0.6 is 0 Å². The van der Waals surface area contributed by atoms with Gasteiger partial charge >= 0.3 is 0 Å². The van der Waals surface area contributed by atoms with Crippen LogP contribution in [0.15, 0.2) is 24.3 Å². The highest BCUT2D eigenvalue weighted by molar-refractivity contribution is 5.95. The second-order valence-electron chi connectivity index (χ2n) is 4.16. The van der Waals surface area contributed by atoms with Gasteiger partial charge in [-0.15, -0.1) is 0 Å². The molecule has 2 heterocycles. The number of carbonyl (C=O) groups is 1. The third kappa shape index (κ3) is 2.58. The minimum atomic E-state index is 0.0247. The highest BCUT2D eigenvalue weighted by Gasteiger charge is 2.11. The van der Waals surface area contributed by atoms with Crippen LogP contribution in [0, 0.1) is 13.8 Å². The molecule has 4 heteroatoms. The normalized spacial score (nSPS) is 10.5. The Balaban J connectivity index is 2.20. The molecule has 17 heavy (non-hydrogen) atoms. The van der Waals surface area contributed by atoms with Crippen molar-refractivity contribution in [1.82, 2.24) is 14.8 Å². The summed E-state index contributed by atoms with van der Waals surface area (Å²) in [5.74, 6) is 0.0247. The van der Waals surface area contributed by atoms with Crippen LogP contribution in [0.2, 0.25) is 0 Å². The molecule has 0 fully saturated rings. The number of hydrogen-bond donors (Lipinski definition) is 0. The topological polar surface area (TPSA) is 47.8 Å². The lowest BCUT2D eigenvalue weighted by molar-refractivity contribution is 0.0986. The quantitative estimate of drug-likeness (QED) is 0.755. The first-order valence-corrected chi connectivity index (χ1v) is 5.52. The predicted molar refractivity (Wildman–Crippen MR) is 65.0 cm³/mol. The van der Waals surface area contributed by atoms with Crippen LogP contribution in [0.1, 0.15) is 27.6 Å². The van der Waals surface area contributed by atoms with Gasteiger partial charge in [0.05, 0.1) is 12.1 Å². The van der Waals surface area contributed by atoms with Crippen LogP contribution in [-0.2, 0) is 13.5 Å². The van der Waals surface area contributed by atoms with E-state index in [2.05, 4.69) is 10.1 Å². The van der Waals surface area contributed by atoms with E-state index in [4.69, 9.17) is 0 Å². The fraction of sp³-hybridized carbons (Fsp3) is 0.308. The maximum absolute atomic E-state index is 12.0. The maximum Gasteiger partial charge on any atom is 0.187 e. The van der Waals surface area contributed by atoms with Crippen LogP contribution in [0.25, 0.3) is 0 Å². The molecule has 0 aliphatic rings. The zero-order valence-corrected chi connectivity index (χ0v) is 10.3. The summed E-state index contributed by atoms with van der Waals surface area (Å²) in [6, 6.07) is 7.40. The molecule has 0 saturated heterocycles. The van der Waals surface area contributed by atoms with E-state index in [1.165, 1.54) is 0 Å². The molecule has 88 valence electrons. The monoisotopic (exact) mass is 229 g/mol. The first-order chi connectivity index (χ1) is 8.06. The van der Waals surface area contributed by atoms with E-state index in [1.807, 2.05) is 39.1 Å². The van der Waals surface area contributed by atoms with Crippen LogP contribution < -0.4 is 0 Å². The van der Waals surface area contributed by atoms with Crippen LogP contribution in [0.3, 0.4) is 0 Å². The van der Waals surface area contributed by atoms with Gasteiger partial charge in [-0.25, -0.2) is 0 Å². The van der Waals surface area contributed by atoms with E-state index >= 15 is 0 Å². The first kappa shape index (κ1) is 11.5. The number of Topliss-reactive ketones (excluding diaryl/α,β-unsaturated/α-hetero) is 1. The Morgan fingerprint density at radius 1 is 1.29 bits per heavy atom. The van der Waals surface area contributed by atoms with Crippen LogP contribution in [-0.4, -0.2) is 20.5 Å². The predicted octanol–water partition coefficient (Wildman–Crippen LogP) is 1.86. The van der Waals surface area contributed by atoms with Gasteiger partial charge in [0.2, 0.25) is 0 Å². The molecule has 0 saturated carbocycles. The van der Waals surface area contributed by atoms with Crippen molar-refractivity contribution in [3.63, 3.8) is 0 Å². The number of carbonyl (C=O) groups excluding carboxylic acids is 1. The Hall–Kier alpha value is -1.97. The SMILES string of the molecule is Cc1cccc(C(=O)Cc2cc(C)nn2C)n1. The fourth-order valence-electron chi connectivity index (χ4n) is 1.78. The van der Waals surface area contributed by atoms with Gasteiger partial charge in [-0.05, 0) is 32.0 Å². The average Bonchev–Trinajstić information content (AvgIpc) is 2.57. The summed E-state index contributed by atoms with van der Waals surface area (Å²) in [6.07, 6.45) is 0.341. The van der Waals surface area contributed by atoms with E-state index in [0.29, 0.717) is 12.1 Å². The minimum Gasteiger partial charge on any atom is -0.292 e. The van der Waals surface area contributed by atoms with Crippen molar-refractivity contribution in [3.8, 4) is 0 Å². The average molecular weight is 229 g/mol. The molecule has 0 aromatic carbocycles. The Morgan fingerprint density at radius 2 is 2.06 bits per heavy atom. The molecule has 4 nitrogen and oxygen atoms in total. The lowest BCUT2D eigenvalue weighted by Gasteiger charge is -2.02. The third-order valence-electron chi connectivity index (χ3n) is 2.61. The first-order valence-electron chi connectivity index (χ1n) is 5.52. The number of aromatic nitrogens is 3. The second-order valence-corrected chi connectivity index (χ2v) is 4.16. The van der Waals surface area contributed by atoms with Gasteiger partial charge in [-0.1, -0.05) is 6.07 Å². The standard InChI is InChI=1S/C13H15N3O/c1-9-5-4-6-12(14-9)13(17)8-11-7-10(2)15-16(11)3/h4-7H,8H2,1-3H3. The van der Waals surface area contributed by atoms with Gasteiger partial charge in [0, 0.05) is 18.4 Å². The number of pyridine rings is 1. The Kier molecular flexibility index (Phi) is 3.04. The summed E-state index contributed by atoms with van der Waals surface area (Å²) < 4.78 is 1.74. The van der Waals surface area contributed by atoms with Gasteiger partial charge < -0.3 is 0 Å². The maximum atomic E-state index is 12.0. The van der Waals surface area contributed by atoms with E-state index in [1.54, 1.807) is 10.7 Å². The summed E-state index contributed by atoms with van der Waals surface area (Å²) >= 11 is 0. The number of nitrogens with zero attached hydrogens (tertiary/aromatic N) is 3. The number of aryl methyl sites for hydroxylation is 3. The van der Waals surface area contributed by atoms with E-state index in [9.17, 15) is 4.79 Å². The van der Waals surface area contributed by atoms with E-state index in [-0.39, 0.29) is 5.78 Å². The second kappa shape index (κ2) is 4.49. The van der Waals surface area contributed by atoms with Gasteiger partial charge in [0.25, 0.3) is 0 Å². The molecule has 0 atom stereocenters. The molecule has 0 radical (unpaired) electrons. The largest absolute Gasteiger partial charge is 0.292 e. The lowest BCUT2D eigenvalue weighted by Crippen LogP contribution is -2.09. The highest BCUT2D eigenvalue weighted by atomic mass is 16.1. The van der Waals surface area contributed by atoms with E-state index in [0.717, 1.165) is 17.1 Å². The summed E-state index contributed by atoms with van der Waals surface area (Å²) in [4.78, 5) is 16.3. The van der Waals surface area contributed by atoms with Gasteiger partial charge in [-0.3, -0.25) is 14.5 Å². The molecular formula is C13H15N3O. The molecule has 0 bridgehead atoms. The Labute approximate surface area is 100 Å². The Bertz CT molecular complexity index is 558. The van der Waals surface area contributed by atoms with Crippen molar-refractivity contribution >= 4 is 5.78 Å². The molecule has 0 amide bonds. The fourth-order valence-corrected chi connectivity index (χ4v) is 1.78. The zero-order chi connectivity index (χ0) is 12.4. The van der Waals surface area contributed by atoms with Crippen molar-refractivity contribution in [3.05, 3.63) is 47.0 Å². The molecule has 0 spiro atoms. The highest BCUT2D eigenvalue weighted by Crippen LogP contribution is 2.07. The molecule has 2 aromatic heterocycles. The molecule has 2 rings (SSSR count). The summed E-state index contributed by atoms with van der Waals surface area (Å²) in [5.41, 5.74) is 3.21. The zero-order valence-electron chi connectivity index (χ0n) is 10.3. The molecule has 2 aromatic rings. The van der Waals surface area contributed by atoms with E-state index < -0.39 is 0 Å². The van der Waals surface area contributed by atoms with Gasteiger partial charge in [0.1, 0.15) is 5.69 Å². The van der Waals surface area contributed by atoms with Crippen molar-refractivity contribution in [2.24, 2.45) is 7.05 Å². The van der Waals surface area contributed by atoms with Crippen molar-refractivity contribution < 1.29 is 4.79 Å².